The zero-order valence-corrected chi connectivity index (χ0v) is 17.5. The summed E-state index contributed by atoms with van der Waals surface area (Å²) in [6, 6.07) is 9.99. The van der Waals surface area contributed by atoms with E-state index in [1.807, 2.05) is 44.2 Å². The summed E-state index contributed by atoms with van der Waals surface area (Å²) in [5, 5.41) is 0. The summed E-state index contributed by atoms with van der Waals surface area (Å²) in [7, 11) is 2.66. The molecule has 0 amide bonds. The van der Waals surface area contributed by atoms with Crippen molar-refractivity contribution in [3.8, 4) is 0 Å². The second-order valence-corrected chi connectivity index (χ2v) is 8.85. The van der Waals surface area contributed by atoms with Gasteiger partial charge in [-0.2, -0.15) is 0 Å². The number of ether oxygens (including phenoxy) is 4. The summed E-state index contributed by atoms with van der Waals surface area (Å²) in [6.45, 7) is 3.64. The van der Waals surface area contributed by atoms with Gasteiger partial charge in [0.15, 0.2) is 0 Å². The fourth-order valence-corrected chi connectivity index (χ4v) is 4.95. The first-order chi connectivity index (χ1) is 12.8. The predicted octanol–water partition coefficient (Wildman–Crippen LogP) is 1.78. The molecule has 0 aromatic heterocycles. The van der Waals surface area contributed by atoms with Gasteiger partial charge in [0.2, 0.25) is 0 Å². The van der Waals surface area contributed by atoms with Crippen LogP contribution in [-0.4, -0.2) is 59.1 Å². The van der Waals surface area contributed by atoms with Crippen molar-refractivity contribution < 1.29 is 28.5 Å². The molecule has 0 saturated carbocycles. The van der Waals surface area contributed by atoms with Crippen LogP contribution in [0.5, 0.6) is 0 Å². The Kier molecular flexibility index (Phi) is 7.80. The average Bonchev–Trinajstić information content (AvgIpc) is 2.98. The second-order valence-electron chi connectivity index (χ2n) is 6.22. The Morgan fingerprint density at radius 2 is 1.70 bits per heavy atom. The third-order valence-corrected chi connectivity index (χ3v) is 6.35. The second kappa shape index (κ2) is 9.85. The first kappa shape index (κ1) is 21.4. The number of hydrogen-bond acceptors (Lipinski definition) is 6. The van der Waals surface area contributed by atoms with E-state index in [4.69, 9.17) is 14.2 Å². The van der Waals surface area contributed by atoms with Gasteiger partial charge < -0.3 is 0 Å². The number of carbonyl (C=O) groups is 2. The van der Waals surface area contributed by atoms with Crippen LogP contribution in [0, 0.1) is 0 Å². The molecule has 27 heavy (non-hydrogen) atoms. The van der Waals surface area contributed by atoms with Crippen LogP contribution in [0.4, 0.5) is 0 Å². The van der Waals surface area contributed by atoms with E-state index in [2.05, 4.69) is 4.74 Å². The van der Waals surface area contributed by atoms with Crippen molar-refractivity contribution in [2.45, 2.75) is 36.7 Å². The van der Waals surface area contributed by atoms with E-state index in [0.717, 1.165) is 4.46 Å². The third-order valence-electron chi connectivity index (χ3n) is 3.75. The fraction of sp³-hybridized carbons (Fsp3) is 0.400. The van der Waals surface area contributed by atoms with Crippen LogP contribution >= 0.6 is 0 Å². The standard InChI is InChI=1S/C20H24O6Se/c1-20(2)25-15(10-12-17(21)23-3)19(26-20)16(11-13-18(22)24-4)27-14-8-6-5-7-9-14/h5-13,15-16,19H,1-4H3/b12-10+,13-11+/t15-,16+,19-/m0/s1. The molecule has 1 fully saturated rings. The molecule has 1 aromatic carbocycles. The topological polar surface area (TPSA) is 71.1 Å². The Bertz CT molecular complexity index is 698. The van der Waals surface area contributed by atoms with Gasteiger partial charge in [-0.3, -0.25) is 0 Å². The van der Waals surface area contributed by atoms with E-state index in [0.29, 0.717) is 0 Å². The van der Waals surface area contributed by atoms with Gasteiger partial charge in [-0.15, -0.1) is 0 Å². The first-order valence-corrected chi connectivity index (χ1v) is 10.3. The molecule has 0 radical (unpaired) electrons. The molecule has 0 spiro atoms. The molecule has 146 valence electrons. The maximum atomic E-state index is 11.6. The van der Waals surface area contributed by atoms with Gasteiger partial charge in [-0.05, 0) is 0 Å². The summed E-state index contributed by atoms with van der Waals surface area (Å²) in [5.41, 5.74) is 0. The molecular weight excluding hydrogens is 415 g/mol. The van der Waals surface area contributed by atoms with Crippen LogP contribution in [0.1, 0.15) is 13.8 Å². The van der Waals surface area contributed by atoms with Crippen molar-refractivity contribution in [1.82, 2.24) is 0 Å². The van der Waals surface area contributed by atoms with Crippen molar-refractivity contribution >= 4 is 31.4 Å². The summed E-state index contributed by atoms with van der Waals surface area (Å²) in [5.74, 6) is -1.69. The number of methoxy groups -OCH3 is 2. The zero-order valence-electron chi connectivity index (χ0n) is 15.8. The average molecular weight is 439 g/mol. The Balaban J connectivity index is 2.28. The SMILES string of the molecule is COC(=O)/C=C/[C@@H]1OC(C)(C)O[C@@H]1[C@@H](/C=C/C(=O)OC)[Se]c1ccccc1. The van der Waals surface area contributed by atoms with Gasteiger partial charge >= 0.3 is 165 Å². The Morgan fingerprint density at radius 1 is 1.07 bits per heavy atom. The molecule has 6 nitrogen and oxygen atoms in total. The molecule has 7 heteroatoms. The molecule has 1 aliphatic heterocycles. The van der Waals surface area contributed by atoms with Gasteiger partial charge in [0, 0.05) is 0 Å². The first-order valence-electron chi connectivity index (χ1n) is 8.44. The van der Waals surface area contributed by atoms with E-state index in [9.17, 15) is 9.59 Å². The predicted molar refractivity (Wildman–Crippen MR) is 102 cm³/mol. The number of hydrogen-bond donors (Lipinski definition) is 0. The molecular formula is C20H24O6Se. The molecule has 0 unspecified atom stereocenters. The van der Waals surface area contributed by atoms with Crippen molar-refractivity contribution in [3.63, 3.8) is 0 Å². The van der Waals surface area contributed by atoms with Crippen molar-refractivity contribution in [2.75, 3.05) is 14.2 Å². The van der Waals surface area contributed by atoms with Gasteiger partial charge in [0.1, 0.15) is 0 Å². The minimum atomic E-state index is -0.806. The molecule has 1 saturated heterocycles. The van der Waals surface area contributed by atoms with Gasteiger partial charge in [-0.25, -0.2) is 0 Å². The zero-order chi connectivity index (χ0) is 19.9. The van der Waals surface area contributed by atoms with Crippen molar-refractivity contribution in [2.24, 2.45) is 0 Å². The van der Waals surface area contributed by atoms with E-state index < -0.39 is 23.8 Å². The van der Waals surface area contributed by atoms with Crippen molar-refractivity contribution in [3.05, 3.63) is 54.6 Å². The molecule has 0 N–H and O–H groups in total. The molecule has 1 aliphatic rings. The molecule has 0 aliphatic carbocycles. The van der Waals surface area contributed by atoms with Crippen LogP contribution < -0.4 is 4.46 Å². The number of esters is 2. The Hall–Kier alpha value is -1.92. The minimum absolute atomic E-state index is 0.0302. The van der Waals surface area contributed by atoms with Crippen LogP contribution in [-0.2, 0) is 28.5 Å². The maximum absolute atomic E-state index is 11.6. The monoisotopic (exact) mass is 440 g/mol. The van der Waals surface area contributed by atoms with Crippen molar-refractivity contribution in [1.29, 1.82) is 0 Å². The molecule has 3 atom stereocenters. The summed E-state index contributed by atoms with van der Waals surface area (Å²) >= 11 is -0.0302. The van der Waals surface area contributed by atoms with Gasteiger partial charge in [0.05, 0.1) is 0 Å². The van der Waals surface area contributed by atoms with E-state index >= 15 is 0 Å². The molecule has 1 heterocycles. The van der Waals surface area contributed by atoms with E-state index in [1.165, 1.54) is 26.4 Å². The molecule has 2 rings (SSSR count). The number of carbonyl (C=O) groups excluding carboxylic acids is 2. The quantitative estimate of drug-likeness (QED) is 0.367. The Labute approximate surface area is 165 Å². The Morgan fingerprint density at radius 3 is 2.33 bits per heavy atom. The van der Waals surface area contributed by atoms with Crippen LogP contribution in [0.3, 0.4) is 0 Å². The number of rotatable bonds is 7. The molecule has 1 aromatic rings. The summed E-state index contributed by atoms with van der Waals surface area (Å²) in [6.07, 6.45) is 5.38. The number of benzene rings is 1. The summed E-state index contributed by atoms with van der Waals surface area (Å²) in [4.78, 5) is 23.0. The van der Waals surface area contributed by atoms with Crippen LogP contribution in [0.25, 0.3) is 0 Å². The van der Waals surface area contributed by atoms with E-state index in [1.54, 1.807) is 12.2 Å². The van der Waals surface area contributed by atoms with E-state index in [-0.39, 0.29) is 25.9 Å². The molecule has 0 bridgehead atoms. The summed E-state index contributed by atoms with van der Waals surface area (Å²) < 4.78 is 22.6. The fourth-order valence-electron chi connectivity index (χ4n) is 2.58. The normalized spacial score (nSPS) is 22.8. The van der Waals surface area contributed by atoms with Crippen LogP contribution in [0.15, 0.2) is 54.6 Å². The third kappa shape index (κ3) is 6.63. The van der Waals surface area contributed by atoms with Gasteiger partial charge in [-0.1, -0.05) is 0 Å². The van der Waals surface area contributed by atoms with Crippen LogP contribution in [0.2, 0.25) is 4.82 Å². The van der Waals surface area contributed by atoms with Gasteiger partial charge in [0.25, 0.3) is 0 Å².